The molecule has 5 N–H and O–H groups in total. The summed E-state index contributed by atoms with van der Waals surface area (Å²) in [6.07, 6.45) is 1.89. The molecular formula is C42H46N6O8. The van der Waals surface area contributed by atoms with Gasteiger partial charge in [0.25, 0.3) is 11.8 Å². The number of aliphatic hydroxyl groups excluding tert-OH is 1. The number of carbonyl (C=O) groups excluding carboxylic acids is 5. The summed E-state index contributed by atoms with van der Waals surface area (Å²) in [5.41, 5.74) is 1.89. The van der Waals surface area contributed by atoms with Crippen LogP contribution in [-0.2, 0) is 25.6 Å². The van der Waals surface area contributed by atoms with Crippen molar-refractivity contribution < 1.29 is 38.6 Å². The molecule has 3 aliphatic heterocycles. The van der Waals surface area contributed by atoms with Crippen molar-refractivity contribution in [2.45, 2.75) is 56.8 Å². The van der Waals surface area contributed by atoms with E-state index in [-0.39, 0.29) is 51.4 Å². The maximum atomic E-state index is 14.6. The van der Waals surface area contributed by atoms with Crippen LogP contribution in [0.5, 0.6) is 11.5 Å². The first-order chi connectivity index (χ1) is 27.1. The van der Waals surface area contributed by atoms with Crippen molar-refractivity contribution in [3.05, 3.63) is 114 Å². The van der Waals surface area contributed by atoms with Gasteiger partial charge in [0, 0.05) is 38.5 Å². The van der Waals surface area contributed by atoms with E-state index in [1.54, 1.807) is 66.6 Å². The van der Waals surface area contributed by atoms with Crippen molar-refractivity contribution in [3.63, 3.8) is 0 Å². The number of hydrogen-bond acceptors (Lipinski definition) is 9. The number of aryl methyl sites for hydroxylation is 1. The first-order valence-electron chi connectivity index (χ1n) is 18.6. The fraction of sp³-hybridized carbons (Fsp3) is 0.333. The molecule has 5 amide bonds. The summed E-state index contributed by atoms with van der Waals surface area (Å²) in [6.45, 7) is 3.09. The van der Waals surface area contributed by atoms with Crippen molar-refractivity contribution in [1.29, 1.82) is 0 Å². The number of ether oxygens (including phenoxy) is 2. The molecule has 1 aromatic heterocycles. The maximum Gasteiger partial charge on any atom is 0.265 e. The Morgan fingerprint density at radius 3 is 2.14 bits per heavy atom. The molecule has 14 heteroatoms. The number of pyridine rings is 1. The second-order valence-corrected chi connectivity index (χ2v) is 13.9. The predicted molar refractivity (Wildman–Crippen MR) is 207 cm³/mol. The molecule has 3 aromatic carbocycles. The highest BCUT2D eigenvalue weighted by molar-refractivity contribution is 6.02. The number of benzene rings is 3. The SMILES string of the molecule is Cc1nccc(-c2ccccc2)c1C(=O)N1CCC2(CC1)Oc1ccc(cc1)OCCNC(=O)[C@H](C)NC(=O)[C@H](CO)NC(=O)[C@@H](Cc1ccccc1)NC2=O. The van der Waals surface area contributed by atoms with Gasteiger partial charge in [0.2, 0.25) is 17.7 Å². The molecule has 1 fully saturated rings. The minimum absolute atomic E-state index is 0.0479. The highest BCUT2D eigenvalue weighted by Crippen LogP contribution is 2.33. The van der Waals surface area contributed by atoms with Gasteiger partial charge in [0.1, 0.15) is 36.2 Å². The van der Waals surface area contributed by atoms with Crippen LogP contribution in [0.25, 0.3) is 11.1 Å². The highest BCUT2D eigenvalue weighted by Gasteiger charge is 2.46. The van der Waals surface area contributed by atoms with Crippen molar-refractivity contribution >= 4 is 29.5 Å². The maximum absolute atomic E-state index is 14.6. The van der Waals surface area contributed by atoms with Gasteiger partial charge in [0.15, 0.2) is 5.60 Å². The predicted octanol–water partition coefficient (Wildman–Crippen LogP) is 2.33. The van der Waals surface area contributed by atoms with E-state index in [1.165, 1.54) is 6.92 Å². The summed E-state index contributed by atoms with van der Waals surface area (Å²) in [4.78, 5) is 74.7. The van der Waals surface area contributed by atoms with E-state index in [4.69, 9.17) is 9.47 Å². The van der Waals surface area contributed by atoms with Crippen LogP contribution in [0.1, 0.15) is 41.4 Å². The lowest BCUT2D eigenvalue weighted by Crippen LogP contribution is -2.62. The lowest BCUT2D eigenvalue weighted by Gasteiger charge is -2.41. The average Bonchev–Trinajstić information content (AvgIpc) is 3.21. The summed E-state index contributed by atoms with van der Waals surface area (Å²) >= 11 is 0. The Hall–Kier alpha value is -6.28. The number of hydrogen-bond donors (Lipinski definition) is 5. The minimum atomic E-state index is -1.52. The third-order valence-corrected chi connectivity index (χ3v) is 9.99. The molecule has 0 radical (unpaired) electrons. The van der Waals surface area contributed by atoms with Gasteiger partial charge in [-0.25, -0.2) is 0 Å². The molecule has 0 saturated carbocycles. The van der Waals surface area contributed by atoms with Crippen LogP contribution in [-0.4, -0.2) is 101 Å². The Kier molecular flexibility index (Phi) is 12.6. The van der Waals surface area contributed by atoms with E-state index in [9.17, 15) is 29.1 Å². The molecule has 292 valence electrons. The van der Waals surface area contributed by atoms with Gasteiger partial charge in [-0.2, -0.15) is 0 Å². The Bertz CT molecular complexity index is 2020. The second-order valence-electron chi connectivity index (χ2n) is 13.9. The fourth-order valence-electron chi connectivity index (χ4n) is 6.82. The molecule has 3 atom stereocenters. The van der Waals surface area contributed by atoms with Gasteiger partial charge in [-0.3, -0.25) is 29.0 Å². The van der Waals surface area contributed by atoms with Crippen LogP contribution in [0, 0.1) is 6.92 Å². The number of aliphatic hydroxyl groups is 1. The molecule has 1 spiro atoms. The molecule has 4 heterocycles. The van der Waals surface area contributed by atoms with E-state index in [2.05, 4.69) is 26.3 Å². The number of fused-ring (bicyclic) bond motifs is 15. The number of nitrogens with one attached hydrogen (secondary N) is 4. The molecule has 4 aromatic rings. The van der Waals surface area contributed by atoms with Crippen LogP contribution in [0.15, 0.2) is 97.2 Å². The Labute approximate surface area is 325 Å². The third-order valence-electron chi connectivity index (χ3n) is 9.99. The first kappa shape index (κ1) is 39.4. The van der Waals surface area contributed by atoms with Crippen LogP contribution in [0.4, 0.5) is 0 Å². The van der Waals surface area contributed by atoms with E-state index in [0.717, 1.165) is 16.7 Å². The molecule has 56 heavy (non-hydrogen) atoms. The Morgan fingerprint density at radius 2 is 1.46 bits per heavy atom. The second kappa shape index (κ2) is 17.9. The summed E-state index contributed by atoms with van der Waals surface area (Å²) in [6, 6.07) is 23.5. The van der Waals surface area contributed by atoms with Gasteiger partial charge in [0.05, 0.1) is 24.4 Å². The average molecular weight is 763 g/mol. The van der Waals surface area contributed by atoms with Crippen molar-refractivity contribution in [1.82, 2.24) is 31.2 Å². The number of carbonyl (C=O) groups is 5. The van der Waals surface area contributed by atoms with E-state index >= 15 is 0 Å². The van der Waals surface area contributed by atoms with Gasteiger partial charge >= 0.3 is 0 Å². The highest BCUT2D eigenvalue weighted by atomic mass is 16.5. The number of amides is 5. The van der Waals surface area contributed by atoms with Crippen molar-refractivity contribution in [3.8, 4) is 22.6 Å². The summed E-state index contributed by atoms with van der Waals surface area (Å²) < 4.78 is 12.3. The summed E-state index contributed by atoms with van der Waals surface area (Å²) in [7, 11) is 0. The lowest BCUT2D eigenvalue weighted by molar-refractivity contribution is -0.144. The van der Waals surface area contributed by atoms with Crippen molar-refractivity contribution in [2.24, 2.45) is 0 Å². The topological polar surface area (TPSA) is 188 Å². The third kappa shape index (κ3) is 9.32. The molecule has 7 rings (SSSR count). The van der Waals surface area contributed by atoms with Gasteiger partial charge in [-0.15, -0.1) is 0 Å². The fourth-order valence-corrected chi connectivity index (χ4v) is 6.82. The number of likely N-dealkylation sites (tertiary alicyclic amines) is 1. The number of rotatable bonds is 5. The first-order valence-corrected chi connectivity index (χ1v) is 18.6. The van der Waals surface area contributed by atoms with E-state index in [0.29, 0.717) is 22.8 Å². The van der Waals surface area contributed by atoms with Crippen molar-refractivity contribution in [2.75, 3.05) is 32.8 Å². The van der Waals surface area contributed by atoms with E-state index < -0.39 is 54.0 Å². The zero-order valence-corrected chi connectivity index (χ0v) is 31.3. The number of piperidine rings is 1. The molecule has 14 nitrogen and oxygen atoms in total. The summed E-state index contributed by atoms with van der Waals surface area (Å²) in [5, 5.41) is 20.8. The van der Waals surface area contributed by atoms with Gasteiger partial charge in [-0.1, -0.05) is 60.7 Å². The van der Waals surface area contributed by atoms with Gasteiger partial charge in [-0.05, 0) is 60.9 Å². The van der Waals surface area contributed by atoms with Gasteiger partial charge < -0.3 is 40.7 Å². The molecule has 0 unspecified atom stereocenters. The number of aromatic nitrogens is 1. The van der Waals surface area contributed by atoms with Crippen LogP contribution in [0.3, 0.4) is 0 Å². The molecule has 0 aliphatic carbocycles. The van der Waals surface area contributed by atoms with Crippen LogP contribution in [0.2, 0.25) is 0 Å². The monoisotopic (exact) mass is 762 g/mol. The molecule has 3 aliphatic rings. The lowest BCUT2D eigenvalue weighted by atomic mass is 9.88. The molecular weight excluding hydrogens is 716 g/mol. The normalized spacial score (nSPS) is 20.8. The quantitative estimate of drug-likeness (QED) is 0.190. The number of nitrogens with zero attached hydrogens (tertiary/aromatic N) is 2. The Balaban J connectivity index is 1.31. The standard InChI is InChI=1S/C42H46N6O8/c1-27-36(33(17-20-43-27)30-11-7-4-8-12-30)40(53)48-22-18-42(19-23-48)41(54)47-34(25-29-9-5-3-6-10-29)38(51)46-35(26-49)39(52)45-28(2)37(50)44-21-24-55-31-13-15-32(56-42)16-14-31/h3-17,20,28,34-35,49H,18-19,21-26H2,1-2H3,(H,44,50)(H,45,52)(H,46,51)(H,47,54)/t28-,34+,35-/m0/s1. The van der Waals surface area contributed by atoms with E-state index in [1.807, 2.05) is 42.5 Å². The smallest absolute Gasteiger partial charge is 0.265 e. The van der Waals surface area contributed by atoms with Crippen LogP contribution < -0.4 is 30.7 Å². The Morgan fingerprint density at radius 1 is 0.821 bits per heavy atom. The molecule has 2 bridgehead atoms. The minimum Gasteiger partial charge on any atom is -0.492 e. The largest absolute Gasteiger partial charge is 0.492 e. The molecule has 1 saturated heterocycles. The zero-order chi connectivity index (χ0) is 39.7. The zero-order valence-electron chi connectivity index (χ0n) is 31.3. The summed E-state index contributed by atoms with van der Waals surface area (Å²) in [5.74, 6) is -1.96. The van der Waals surface area contributed by atoms with Crippen LogP contribution >= 0.6 is 0 Å².